The standard InChI is InChI=1S/C29H32F3N3O3/c1-17-26(16-36)34-15-22(38-17)13-14-23-24(32)3-2-4-25(23)35-29(37)28(33)27(18-5-9-20(30)10-6-18)19-7-11-21(31)12-8-19/h2-12,17,22,26-28,34,36H,13-16,33H2,1H3,(H,35,37)/t17-,22+,26+,28-/m0/s1. The number of aliphatic hydroxyl groups is 1. The van der Waals surface area contributed by atoms with Crippen LogP contribution in [-0.4, -0.2) is 48.5 Å². The van der Waals surface area contributed by atoms with E-state index in [1.54, 1.807) is 6.07 Å². The molecule has 0 spiro atoms. The average Bonchev–Trinajstić information content (AvgIpc) is 2.90. The molecule has 1 amide bonds. The van der Waals surface area contributed by atoms with E-state index in [2.05, 4.69) is 10.6 Å². The largest absolute Gasteiger partial charge is 0.395 e. The van der Waals surface area contributed by atoms with Gasteiger partial charge in [0.25, 0.3) is 0 Å². The smallest absolute Gasteiger partial charge is 0.242 e. The number of carbonyl (C=O) groups is 1. The van der Waals surface area contributed by atoms with E-state index in [-0.39, 0.29) is 24.9 Å². The maximum Gasteiger partial charge on any atom is 0.242 e. The van der Waals surface area contributed by atoms with Crippen LogP contribution >= 0.6 is 0 Å². The molecule has 202 valence electrons. The Balaban J connectivity index is 1.52. The number of halogens is 3. The molecular weight excluding hydrogens is 495 g/mol. The Morgan fingerprint density at radius 3 is 2.21 bits per heavy atom. The molecule has 6 nitrogen and oxygen atoms in total. The second kappa shape index (κ2) is 12.5. The number of ether oxygens (including phenoxy) is 1. The molecule has 1 saturated heterocycles. The van der Waals surface area contributed by atoms with Gasteiger partial charge in [0.05, 0.1) is 30.9 Å². The number of benzene rings is 3. The minimum absolute atomic E-state index is 0.0333. The van der Waals surface area contributed by atoms with Crippen molar-refractivity contribution in [2.75, 3.05) is 18.5 Å². The molecule has 5 N–H and O–H groups in total. The Labute approximate surface area is 220 Å². The van der Waals surface area contributed by atoms with Gasteiger partial charge in [-0.2, -0.15) is 0 Å². The zero-order valence-corrected chi connectivity index (χ0v) is 21.0. The van der Waals surface area contributed by atoms with Crippen LogP contribution in [0.2, 0.25) is 0 Å². The molecular formula is C29H32F3N3O3. The highest BCUT2D eigenvalue weighted by molar-refractivity contribution is 5.96. The van der Waals surface area contributed by atoms with Crippen LogP contribution in [0.1, 0.15) is 36.0 Å². The van der Waals surface area contributed by atoms with Crippen molar-refractivity contribution in [1.29, 1.82) is 0 Å². The Morgan fingerprint density at radius 1 is 1.05 bits per heavy atom. The van der Waals surface area contributed by atoms with Crippen molar-refractivity contribution in [3.05, 3.63) is 101 Å². The second-order valence-electron chi connectivity index (χ2n) is 9.56. The van der Waals surface area contributed by atoms with Gasteiger partial charge in [0.2, 0.25) is 5.91 Å². The van der Waals surface area contributed by atoms with E-state index in [0.717, 1.165) is 0 Å². The average molecular weight is 528 g/mol. The molecule has 1 aliphatic rings. The van der Waals surface area contributed by atoms with Crippen LogP contribution in [0.25, 0.3) is 0 Å². The van der Waals surface area contributed by atoms with E-state index in [1.807, 2.05) is 6.92 Å². The van der Waals surface area contributed by atoms with Crippen molar-refractivity contribution in [3.8, 4) is 0 Å². The first-order valence-electron chi connectivity index (χ1n) is 12.6. The van der Waals surface area contributed by atoms with Crippen molar-refractivity contribution in [2.45, 2.75) is 50.0 Å². The molecule has 1 fully saturated rings. The maximum atomic E-state index is 14.9. The summed E-state index contributed by atoms with van der Waals surface area (Å²) in [6, 6.07) is 14.4. The first kappa shape index (κ1) is 27.8. The fourth-order valence-electron chi connectivity index (χ4n) is 4.83. The molecule has 0 unspecified atom stereocenters. The molecule has 1 aliphatic heterocycles. The molecule has 0 aromatic heterocycles. The fraction of sp³-hybridized carbons (Fsp3) is 0.345. The van der Waals surface area contributed by atoms with E-state index < -0.39 is 35.3 Å². The first-order chi connectivity index (χ1) is 18.3. The van der Waals surface area contributed by atoms with Gasteiger partial charge in [-0.05, 0) is 67.3 Å². The topological polar surface area (TPSA) is 96.6 Å². The monoisotopic (exact) mass is 527 g/mol. The molecule has 38 heavy (non-hydrogen) atoms. The van der Waals surface area contributed by atoms with Crippen LogP contribution in [0, 0.1) is 17.5 Å². The summed E-state index contributed by atoms with van der Waals surface area (Å²) in [5.74, 6) is -2.60. The molecule has 3 aromatic carbocycles. The van der Waals surface area contributed by atoms with Gasteiger partial charge < -0.3 is 26.2 Å². The molecule has 4 rings (SSSR count). The maximum absolute atomic E-state index is 14.9. The third kappa shape index (κ3) is 6.60. The number of nitrogens with one attached hydrogen (secondary N) is 2. The summed E-state index contributed by atoms with van der Waals surface area (Å²) in [6.07, 6.45) is 0.435. The Kier molecular flexibility index (Phi) is 9.17. The number of hydrogen-bond acceptors (Lipinski definition) is 5. The molecule has 0 saturated carbocycles. The molecule has 3 aromatic rings. The number of carbonyl (C=O) groups excluding carboxylic acids is 1. The lowest BCUT2D eigenvalue weighted by molar-refractivity contribution is -0.117. The highest BCUT2D eigenvalue weighted by Crippen LogP contribution is 2.30. The lowest BCUT2D eigenvalue weighted by Gasteiger charge is -2.35. The summed E-state index contributed by atoms with van der Waals surface area (Å²) in [7, 11) is 0. The number of morpholine rings is 1. The molecule has 1 heterocycles. The van der Waals surface area contributed by atoms with E-state index in [4.69, 9.17) is 10.5 Å². The minimum Gasteiger partial charge on any atom is -0.395 e. The van der Waals surface area contributed by atoms with Gasteiger partial charge in [0.15, 0.2) is 0 Å². The summed E-state index contributed by atoms with van der Waals surface area (Å²) in [5.41, 5.74) is 8.22. The number of nitrogens with two attached hydrogens (primary N) is 1. The Hall–Kier alpha value is -3.24. The highest BCUT2D eigenvalue weighted by Gasteiger charge is 2.30. The van der Waals surface area contributed by atoms with Crippen molar-refractivity contribution >= 4 is 11.6 Å². The molecule has 0 bridgehead atoms. The number of amides is 1. The van der Waals surface area contributed by atoms with Gasteiger partial charge in [0, 0.05) is 23.7 Å². The number of hydrogen-bond donors (Lipinski definition) is 4. The molecule has 0 radical (unpaired) electrons. The summed E-state index contributed by atoms with van der Waals surface area (Å²) in [6.45, 7) is 2.36. The van der Waals surface area contributed by atoms with E-state index >= 15 is 0 Å². The van der Waals surface area contributed by atoms with Crippen molar-refractivity contribution in [1.82, 2.24) is 5.32 Å². The van der Waals surface area contributed by atoms with Gasteiger partial charge in [0.1, 0.15) is 17.5 Å². The Bertz CT molecular complexity index is 1180. The SMILES string of the molecule is C[C@@H]1O[C@H](CCc2c(F)cccc2NC(=O)[C@@H](N)C(c2ccc(F)cc2)c2ccc(F)cc2)CN[C@@H]1CO. The molecule has 4 atom stereocenters. The summed E-state index contributed by atoms with van der Waals surface area (Å²) < 4.78 is 48.0. The van der Waals surface area contributed by atoms with Crippen molar-refractivity contribution < 1.29 is 27.8 Å². The normalized spacial score (nSPS) is 20.3. The van der Waals surface area contributed by atoms with Gasteiger partial charge >= 0.3 is 0 Å². The third-order valence-electron chi connectivity index (χ3n) is 6.99. The van der Waals surface area contributed by atoms with Gasteiger partial charge in [-0.3, -0.25) is 4.79 Å². The van der Waals surface area contributed by atoms with Gasteiger partial charge in [-0.1, -0.05) is 30.3 Å². The van der Waals surface area contributed by atoms with Gasteiger partial charge in [-0.25, -0.2) is 13.2 Å². The van der Waals surface area contributed by atoms with Crippen LogP contribution in [0.15, 0.2) is 66.7 Å². The minimum atomic E-state index is -1.14. The zero-order valence-electron chi connectivity index (χ0n) is 21.0. The van der Waals surface area contributed by atoms with E-state index in [9.17, 15) is 23.1 Å². The summed E-state index contributed by atoms with van der Waals surface area (Å²) >= 11 is 0. The van der Waals surface area contributed by atoms with E-state index in [0.29, 0.717) is 41.8 Å². The lowest BCUT2D eigenvalue weighted by Crippen LogP contribution is -2.53. The highest BCUT2D eigenvalue weighted by atomic mass is 19.1. The van der Waals surface area contributed by atoms with Gasteiger partial charge in [-0.15, -0.1) is 0 Å². The van der Waals surface area contributed by atoms with Crippen molar-refractivity contribution in [2.24, 2.45) is 5.73 Å². The zero-order chi connectivity index (χ0) is 27.2. The van der Waals surface area contributed by atoms with Crippen LogP contribution in [0.5, 0.6) is 0 Å². The second-order valence-corrected chi connectivity index (χ2v) is 9.56. The van der Waals surface area contributed by atoms with Crippen LogP contribution in [0.4, 0.5) is 18.9 Å². The quantitative estimate of drug-likeness (QED) is 0.339. The predicted molar refractivity (Wildman–Crippen MR) is 139 cm³/mol. The number of anilines is 1. The van der Waals surface area contributed by atoms with Crippen LogP contribution in [-0.2, 0) is 16.0 Å². The Morgan fingerprint density at radius 2 is 1.66 bits per heavy atom. The fourth-order valence-corrected chi connectivity index (χ4v) is 4.83. The first-order valence-corrected chi connectivity index (χ1v) is 12.6. The third-order valence-corrected chi connectivity index (χ3v) is 6.99. The van der Waals surface area contributed by atoms with E-state index in [1.165, 1.54) is 60.7 Å². The van der Waals surface area contributed by atoms with Crippen LogP contribution in [0.3, 0.4) is 0 Å². The summed E-state index contributed by atoms with van der Waals surface area (Å²) in [4.78, 5) is 13.4. The molecule has 0 aliphatic carbocycles. The number of rotatable bonds is 9. The number of aliphatic hydroxyl groups excluding tert-OH is 1. The lowest BCUT2D eigenvalue weighted by atomic mass is 9.85. The predicted octanol–water partition coefficient (Wildman–Crippen LogP) is 3.87. The summed E-state index contributed by atoms with van der Waals surface area (Å²) in [5, 5.41) is 15.4. The van der Waals surface area contributed by atoms with Crippen molar-refractivity contribution in [3.63, 3.8) is 0 Å². The van der Waals surface area contributed by atoms with Crippen LogP contribution < -0.4 is 16.4 Å². The molecule has 9 heteroatoms.